The second-order valence-electron chi connectivity index (χ2n) is 7.76. The maximum absolute atomic E-state index is 12.8. The van der Waals surface area contributed by atoms with Crippen molar-refractivity contribution in [2.75, 3.05) is 12.0 Å². The van der Waals surface area contributed by atoms with Crippen molar-refractivity contribution in [3.05, 3.63) is 54.1 Å². The third kappa shape index (κ3) is 3.62. The van der Waals surface area contributed by atoms with E-state index in [1.54, 1.807) is 48.5 Å². The first-order chi connectivity index (χ1) is 14.0. The lowest BCUT2D eigenvalue weighted by Gasteiger charge is -2.25. The Hall–Kier alpha value is -3.15. The van der Waals surface area contributed by atoms with Gasteiger partial charge in [0.15, 0.2) is 0 Å². The maximum atomic E-state index is 12.8. The number of ether oxygens (including phenoxy) is 2. The Morgan fingerprint density at radius 2 is 1.69 bits per heavy atom. The number of hydrogen-bond acceptors (Lipinski definition) is 5. The average Bonchev–Trinajstić information content (AvgIpc) is 2.98. The Bertz CT molecular complexity index is 952. The molecule has 4 rings (SSSR count). The molecule has 0 unspecified atom stereocenters. The van der Waals surface area contributed by atoms with Crippen molar-refractivity contribution in [2.45, 2.75) is 26.2 Å². The molecule has 1 saturated heterocycles. The molecule has 6 heteroatoms. The molecule has 1 aliphatic carbocycles. The van der Waals surface area contributed by atoms with Crippen LogP contribution in [-0.4, -0.2) is 24.9 Å². The molecule has 1 heterocycles. The molecule has 0 bridgehead atoms. The molecule has 0 N–H and O–H groups in total. The molecule has 0 spiro atoms. The largest absolute Gasteiger partial charge is 0.497 e. The topological polar surface area (TPSA) is 72.9 Å². The highest BCUT2D eigenvalue weighted by molar-refractivity contribution is 6.22. The van der Waals surface area contributed by atoms with Crippen molar-refractivity contribution < 1.29 is 23.9 Å². The molecule has 2 aromatic carbocycles. The predicted molar refractivity (Wildman–Crippen MR) is 107 cm³/mol. The number of nitrogens with zero attached hydrogens (tertiary/aromatic N) is 1. The van der Waals surface area contributed by atoms with E-state index in [1.807, 2.05) is 0 Å². The van der Waals surface area contributed by atoms with Crippen molar-refractivity contribution in [1.29, 1.82) is 0 Å². The highest BCUT2D eigenvalue weighted by Crippen LogP contribution is 2.42. The van der Waals surface area contributed by atoms with Gasteiger partial charge in [-0.1, -0.05) is 13.0 Å². The van der Waals surface area contributed by atoms with Crippen molar-refractivity contribution in [2.24, 2.45) is 17.8 Å². The number of fused-ring (bicyclic) bond motifs is 1. The molecule has 29 heavy (non-hydrogen) atoms. The summed E-state index contributed by atoms with van der Waals surface area (Å²) in [6, 6.07) is 13.2. The zero-order valence-electron chi connectivity index (χ0n) is 16.5. The lowest BCUT2D eigenvalue weighted by Crippen LogP contribution is -2.30. The van der Waals surface area contributed by atoms with Crippen molar-refractivity contribution in [3.63, 3.8) is 0 Å². The van der Waals surface area contributed by atoms with E-state index in [0.717, 1.165) is 19.3 Å². The Balaban J connectivity index is 1.48. The first-order valence-electron chi connectivity index (χ1n) is 9.82. The average molecular weight is 393 g/mol. The Kier molecular flexibility index (Phi) is 5.09. The molecule has 2 aliphatic rings. The lowest BCUT2D eigenvalue weighted by molar-refractivity contribution is -0.122. The van der Waals surface area contributed by atoms with Gasteiger partial charge in [-0.05, 0) is 67.6 Å². The number of esters is 1. The minimum Gasteiger partial charge on any atom is -0.497 e. The van der Waals surface area contributed by atoms with E-state index in [1.165, 1.54) is 12.0 Å². The van der Waals surface area contributed by atoms with Gasteiger partial charge in [0.2, 0.25) is 11.8 Å². The third-order valence-electron chi connectivity index (χ3n) is 5.80. The van der Waals surface area contributed by atoms with E-state index in [9.17, 15) is 14.4 Å². The van der Waals surface area contributed by atoms with Crippen LogP contribution in [0, 0.1) is 17.8 Å². The number of hydrogen-bond donors (Lipinski definition) is 0. The SMILES string of the molecule is COc1cccc(C(=O)Oc2ccc(N3C(=O)[C@H]4CC[C@@H](C)C[C@H]4C3=O)cc2)c1. The Morgan fingerprint density at radius 3 is 2.41 bits per heavy atom. The summed E-state index contributed by atoms with van der Waals surface area (Å²) in [5.74, 6) is 0.210. The molecular weight excluding hydrogens is 370 g/mol. The van der Waals surface area contributed by atoms with Crippen LogP contribution < -0.4 is 14.4 Å². The fourth-order valence-electron chi connectivity index (χ4n) is 4.22. The van der Waals surface area contributed by atoms with Gasteiger partial charge in [0.05, 0.1) is 30.2 Å². The molecule has 1 aliphatic heterocycles. The number of carbonyl (C=O) groups is 3. The van der Waals surface area contributed by atoms with E-state index in [-0.39, 0.29) is 23.7 Å². The van der Waals surface area contributed by atoms with Gasteiger partial charge in [-0.25, -0.2) is 4.79 Å². The predicted octanol–water partition coefficient (Wildman–Crippen LogP) is 3.84. The zero-order valence-corrected chi connectivity index (χ0v) is 16.5. The Morgan fingerprint density at radius 1 is 0.966 bits per heavy atom. The second kappa shape index (κ2) is 7.70. The number of amides is 2. The van der Waals surface area contributed by atoms with E-state index in [0.29, 0.717) is 28.7 Å². The summed E-state index contributed by atoms with van der Waals surface area (Å²) in [4.78, 5) is 39.2. The van der Waals surface area contributed by atoms with E-state index in [2.05, 4.69) is 6.92 Å². The monoisotopic (exact) mass is 393 g/mol. The van der Waals surface area contributed by atoms with Crippen LogP contribution in [0.3, 0.4) is 0 Å². The van der Waals surface area contributed by atoms with Gasteiger partial charge in [-0.3, -0.25) is 14.5 Å². The van der Waals surface area contributed by atoms with Crippen LogP contribution >= 0.6 is 0 Å². The highest BCUT2D eigenvalue weighted by Gasteiger charge is 2.49. The minimum absolute atomic E-state index is 0.118. The number of methoxy groups -OCH3 is 1. The van der Waals surface area contributed by atoms with E-state index in [4.69, 9.17) is 9.47 Å². The first kappa shape index (κ1) is 19.2. The van der Waals surface area contributed by atoms with Crippen molar-refractivity contribution >= 4 is 23.5 Å². The molecule has 1 saturated carbocycles. The minimum atomic E-state index is -0.509. The third-order valence-corrected chi connectivity index (χ3v) is 5.80. The van der Waals surface area contributed by atoms with Gasteiger partial charge in [0.1, 0.15) is 11.5 Å². The van der Waals surface area contributed by atoms with Crippen LogP contribution in [-0.2, 0) is 9.59 Å². The molecular formula is C23H23NO5. The molecule has 3 atom stereocenters. The summed E-state index contributed by atoms with van der Waals surface area (Å²) in [7, 11) is 1.53. The first-order valence-corrected chi connectivity index (χ1v) is 9.82. The van der Waals surface area contributed by atoms with Gasteiger partial charge in [-0.15, -0.1) is 0 Å². The number of carbonyl (C=O) groups excluding carboxylic acids is 3. The number of anilines is 1. The standard InChI is InChI=1S/C23H23NO5/c1-14-6-11-19-20(12-14)22(26)24(21(19)25)16-7-9-17(10-8-16)29-23(27)15-4-3-5-18(13-15)28-2/h3-5,7-10,13-14,19-20H,6,11-12H2,1-2H3/t14-,19+,20-/m1/s1. The van der Waals surface area contributed by atoms with E-state index < -0.39 is 5.97 Å². The molecule has 2 aromatic rings. The van der Waals surface area contributed by atoms with Crippen LogP contribution in [0.25, 0.3) is 0 Å². The van der Waals surface area contributed by atoms with E-state index >= 15 is 0 Å². The van der Waals surface area contributed by atoms with Crippen LogP contribution in [0.5, 0.6) is 11.5 Å². The zero-order chi connectivity index (χ0) is 20.5. The number of imide groups is 1. The summed E-state index contributed by atoms with van der Waals surface area (Å²) in [5.41, 5.74) is 0.889. The second-order valence-corrected chi connectivity index (χ2v) is 7.76. The maximum Gasteiger partial charge on any atom is 0.343 e. The Labute approximate surface area is 169 Å². The normalized spacial score (nSPS) is 23.7. The summed E-state index contributed by atoms with van der Waals surface area (Å²) >= 11 is 0. The van der Waals surface area contributed by atoms with Gasteiger partial charge < -0.3 is 9.47 Å². The quantitative estimate of drug-likeness (QED) is 0.448. The molecule has 0 radical (unpaired) electrons. The van der Waals surface area contributed by atoms with Crippen LogP contribution in [0.15, 0.2) is 48.5 Å². The van der Waals surface area contributed by atoms with Crippen LogP contribution in [0.4, 0.5) is 5.69 Å². The van der Waals surface area contributed by atoms with Crippen molar-refractivity contribution in [1.82, 2.24) is 0 Å². The van der Waals surface area contributed by atoms with Crippen LogP contribution in [0.1, 0.15) is 36.5 Å². The summed E-state index contributed by atoms with van der Waals surface area (Å²) in [5, 5.41) is 0. The van der Waals surface area contributed by atoms with Gasteiger partial charge in [-0.2, -0.15) is 0 Å². The molecule has 0 aromatic heterocycles. The number of rotatable bonds is 4. The molecule has 150 valence electrons. The molecule has 6 nitrogen and oxygen atoms in total. The summed E-state index contributed by atoms with van der Waals surface area (Å²) < 4.78 is 10.5. The van der Waals surface area contributed by atoms with Crippen molar-refractivity contribution in [3.8, 4) is 11.5 Å². The smallest absolute Gasteiger partial charge is 0.343 e. The van der Waals surface area contributed by atoms with Gasteiger partial charge in [0, 0.05) is 0 Å². The molecule has 2 fully saturated rings. The molecule has 2 amide bonds. The highest BCUT2D eigenvalue weighted by atomic mass is 16.5. The van der Waals surface area contributed by atoms with Gasteiger partial charge in [0.25, 0.3) is 0 Å². The fourth-order valence-corrected chi connectivity index (χ4v) is 4.22. The lowest BCUT2D eigenvalue weighted by atomic mass is 9.76. The summed E-state index contributed by atoms with van der Waals surface area (Å²) in [6.45, 7) is 2.13. The number of benzene rings is 2. The van der Waals surface area contributed by atoms with Gasteiger partial charge >= 0.3 is 5.97 Å². The summed E-state index contributed by atoms with van der Waals surface area (Å²) in [6.07, 6.45) is 2.51. The van der Waals surface area contributed by atoms with Crippen LogP contribution in [0.2, 0.25) is 0 Å². The fraction of sp³-hybridized carbons (Fsp3) is 0.348.